The Hall–Kier alpha value is -1.04. The summed E-state index contributed by atoms with van der Waals surface area (Å²) in [6.07, 6.45) is 9.03. The predicted octanol–water partition coefficient (Wildman–Crippen LogP) is 6.07. The van der Waals surface area contributed by atoms with Crippen LogP contribution in [0.25, 0.3) is 0 Å². The van der Waals surface area contributed by atoms with E-state index in [1.54, 1.807) is 11.3 Å². The first-order valence-electron chi connectivity index (χ1n) is 9.28. The standard InChI is InChI=1S/C21H35NO2SSi/c1-9-10-11-12-13-17-16-25-19(22-17)21(5,6)18(14-15-23)24-26(7,8)20(2,3)4/h9,11-12,15-16,18H,1,10,13-14H2,2-8H3/b12-11+/t18-/m1/s1. The molecule has 0 aliphatic heterocycles. The molecule has 0 aliphatic carbocycles. The van der Waals surface area contributed by atoms with Crippen LogP contribution in [0.4, 0.5) is 0 Å². The minimum Gasteiger partial charge on any atom is -0.413 e. The Kier molecular flexibility index (Phi) is 8.18. The van der Waals surface area contributed by atoms with E-state index in [1.807, 2.05) is 6.08 Å². The highest BCUT2D eigenvalue weighted by molar-refractivity contribution is 7.09. The van der Waals surface area contributed by atoms with E-state index in [0.29, 0.717) is 6.42 Å². The summed E-state index contributed by atoms with van der Waals surface area (Å²) in [5.41, 5.74) is 0.764. The summed E-state index contributed by atoms with van der Waals surface area (Å²) in [5, 5.41) is 3.25. The molecule has 1 aromatic heterocycles. The van der Waals surface area contributed by atoms with Crippen molar-refractivity contribution in [3.63, 3.8) is 0 Å². The quantitative estimate of drug-likeness (QED) is 0.275. The third-order valence-electron chi connectivity index (χ3n) is 5.26. The minimum absolute atomic E-state index is 0.105. The molecule has 0 radical (unpaired) electrons. The number of thiazole rings is 1. The van der Waals surface area contributed by atoms with Gasteiger partial charge < -0.3 is 9.22 Å². The molecule has 1 heterocycles. The summed E-state index contributed by atoms with van der Waals surface area (Å²) < 4.78 is 6.63. The highest BCUT2D eigenvalue weighted by atomic mass is 32.1. The fourth-order valence-electron chi connectivity index (χ4n) is 2.34. The number of nitrogens with zero attached hydrogens (tertiary/aromatic N) is 1. The fraction of sp³-hybridized carbons (Fsp3) is 0.619. The van der Waals surface area contributed by atoms with Crippen LogP contribution in [0.15, 0.2) is 30.2 Å². The van der Waals surface area contributed by atoms with Crippen LogP contribution in [-0.4, -0.2) is 25.7 Å². The van der Waals surface area contributed by atoms with Crippen molar-refractivity contribution in [2.24, 2.45) is 0 Å². The van der Waals surface area contributed by atoms with Crippen molar-refractivity contribution in [2.45, 2.75) is 83.5 Å². The van der Waals surface area contributed by atoms with Crippen LogP contribution >= 0.6 is 11.3 Å². The molecule has 0 aliphatic rings. The van der Waals surface area contributed by atoms with Crippen molar-refractivity contribution in [1.82, 2.24) is 4.98 Å². The SMILES string of the molecule is C=CC/C=C/Cc1csc(C(C)(C)[C@@H](CC=O)O[Si](C)(C)C(C)(C)C)n1. The van der Waals surface area contributed by atoms with Crippen molar-refractivity contribution in [3.8, 4) is 0 Å². The molecule has 1 rings (SSSR count). The number of rotatable bonds is 10. The number of carbonyl (C=O) groups excluding carboxylic acids is 1. The van der Waals surface area contributed by atoms with Gasteiger partial charge in [-0.3, -0.25) is 0 Å². The number of allylic oxidation sites excluding steroid dienone is 3. The van der Waals surface area contributed by atoms with Gasteiger partial charge in [-0.2, -0.15) is 0 Å². The molecule has 0 aromatic carbocycles. The summed E-state index contributed by atoms with van der Waals surface area (Å²) in [5.74, 6) is 0. The van der Waals surface area contributed by atoms with Gasteiger partial charge in [-0.15, -0.1) is 17.9 Å². The van der Waals surface area contributed by atoms with Crippen LogP contribution in [0.3, 0.4) is 0 Å². The first kappa shape index (κ1) is 23.0. The zero-order valence-electron chi connectivity index (χ0n) is 17.5. The monoisotopic (exact) mass is 393 g/mol. The van der Waals surface area contributed by atoms with Gasteiger partial charge in [0.15, 0.2) is 8.32 Å². The molecule has 3 nitrogen and oxygen atoms in total. The summed E-state index contributed by atoms with van der Waals surface area (Å²) in [6.45, 7) is 19.1. The van der Waals surface area contributed by atoms with Gasteiger partial charge in [0.25, 0.3) is 0 Å². The second-order valence-electron chi connectivity index (χ2n) is 8.83. The van der Waals surface area contributed by atoms with E-state index in [0.717, 1.165) is 29.8 Å². The lowest BCUT2D eigenvalue weighted by Gasteiger charge is -2.43. The van der Waals surface area contributed by atoms with Gasteiger partial charge in [0.05, 0.1) is 11.8 Å². The lowest BCUT2D eigenvalue weighted by Crippen LogP contribution is -2.49. The molecule has 0 saturated heterocycles. The van der Waals surface area contributed by atoms with Crippen molar-refractivity contribution in [1.29, 1.82) is 0 Å². The summed E-state index contributed by atoms with van der Waals surface area (Å²) in [7, 11) is -1.97. The molecule has 0 spiro atoms. The van der Waals surface area contributed by atoms with Gasteiger partial charge in [0.2, 0.25) is 0 Å². The Morgan fingerprint density at radius 3 is 2.46 bits per heavy atom. The topological polar surface area (TPSA) is 39.2 Å². The zero-order valence-corrected chi connectivity index (χ0v) is 19.3. The molecule has 1 atom stereocenters. The van der Waals surface area contributed by atoms with E-state index in [2.05, 4.69) is 71.8 Å². The maximum atomic E-state index is 11.3. The highest BCUT2D eigenvalue weighted by Crippen LogP contribution is 2.41. The average Bonchev–Trinajstić information content (AvgIpc) is 2.99. The van der Waals surface area contributed by atoms with E-state index in [-0.39, 0.29) is 16.6 Å². The lowest BCUT2D eigenvalue weighted by atomic mass is 9.86. The van der Waals surface area contributed by atoms with Crippen LogP contribution in [-0.2, 0) is 21.1 Å². The molecule has 0 bridgehead atoms. The molecule has 1 aromatic rings. The summed E-state index contributed by atoms with van der Waals surface area (Å²) in [4.78, 5) is 16.2. The largest absolute Gasteiger partial charge is 0.413 e. The predicted molar refractivity (Wildman–Crippen MR) is 116 cm³/mol. The molecule has 26 heavy (non-hydrogen) atoms. The van der Waals surface area contributed by atoms with Crippen molar-refractivity contribution in [3.05, 3.63) is 40.9 Å². The lowest BCUT2D eigenvalue weighted by molar-refractivity contribution is -0.110. The molecule has 0 N–H and O–H groups in total. The highest BCUT2D eigenvalue weighted by Gasteiger charge is 2.44. The van der Waals surface area contributed by atoms with E-state index >= 15 is 0 Å². The number of aldehydes is 1. The van der Waals surface area contributed by atoms with Crippen LogP contribution in [0.2, 0.25) is 18.1 Å². The number of carbonyl (C=O) groups is 1. The number of hydrogen-bond donors (Lipinski definition) is 0. The maximum absolute atomic E-state index is 11.3. The maximum Gasteiger partial charge on any atom is 0.192 e. The Labute approximate surface area is 164 Å². The van der Waals surface area contributed by atoms with Crippen molar-refractivity contribution >= 4 is 25.9 Å². The second kappa shape index (κ2) is 9.24. The van der Waals surface area contributed by atoms with Crippen molar-refractivity contribution < 1.29 is 9.22 Å². The van der Waals surface area contributed by atoms with Crippen molar-refractivity contribution in [2.75, 3.05) is 0 Å². The average molecular weight is 394 g/mol. The van der Waals surface area contributed by atoms with Crippen LogP contribution in [0.5, 0.6) is 0 Å². The molecule has 146 valence electrons. The molecule has 0 amide bonds. The van der Waals surface area contributed by atoms with Crippen LogP contribution < -0.4 is 0 Å². The van der Waals surface area contributed by atoms with E-state index in [1.165, 1.54) is 0 Å². The van der Waals surface area contributed by atoms with Gasteiger partial charge in [0.1, 0.15) is 11.3 Å². The van der Waals surface area contributed by atoms with E-state index < -0.39 is 8.32 Å². The molecule has 0 saturated carbocycles. The van der Waals surface area contributed by atoms with Gasteiger partial charge in [0, 0.05) is 23.6 Å². The normalized spacial score (nSPS) is 14.6. The van der Waals surface area contributed by atoms with E-state index in [9.17, 15) is 4.79 Å². The third-order valence-corrected chi connectivity index (χ3v) is 11.0. The van der Waals surface area contributed by atoms with Gasteiger partial charge in [-0.05, 0) is 24.6 Å². The fourth-order valence-corrected chi connectivity index (χ4v) is 4.80. The first-order chi connectivity index (χ1) is 12.0. The number of hydrogen-bond acceptors (Lipinski definition) is 4. The minimum atomic E-state index is -1.97. The molecular weight excluding hydrogens is 358 g/mol. The van der Waals surface area contributed by atoms with Crippen LogP contribution in [0.1, 0.15) is 58.2 Å². The van der Waals surface area contributed by atoms with E-state index in [4.69, 9.17) is 9.41 Å². The second-order valence-corrected chi connectivity index (χ2v) is 14.4. The molecular formula is C21H35NO2SSi. The molecule has 5 heteroatoms. The summed E-state index contributed by atoms with van der Waals surface area (Å²) in [6, 6.07) is 0. The zero-order chi connectivity index (χ0) is 20.0. The summed E-state index contributed by atoms with van der Waals surface area (Å²) >= 11 is 1.66. The van der Waals surface area contributed by atoms with Crippen LogP contribution in [0, 0.1) is 0 Å². The Morgan fingerprint density at radius 2 is 1.92 bits per heavy atom. The van der Waals surface area contributed by atoms with Gasteiger partial charge >= 0.3 is 0 Å². The molecule has 0 unspecified atom stereocenters. The Bertz CT molecular complexity index is 626. The van der Waals surface area contributed by atoms with Gasteiger partial charge in [-0.25, -0.2) is 4.98 Å². The Morgan fingerprint density at radius 1 is 1.27 bits per heavy atom. The first-order valence-corrected chi connectivity index (χ1v) is 13.1. The number of aromatic nitrogens is 1. The molecule has 0 fully saturated rings. The van der Waals surface area contributed by atoms with Gasteiger partial charge in [-0.1, -0.05) is 52.8 Å². The Balaban J connectivity index is 3.01. The third kappa shape index (κ3) is 6.00. The smallest absolute Gasteiger partial charge is 0.192 e.